The van der Waals surface area contributed by atoms with E-state index in [1.807, 2.05) is 41.5 Å². The molecule has 5 nitrogen and oxygen atoms in total. The van der Waals surface area contributed by atoms with Crippen LogP contribution in [0.2, 0.25) is 0 Å². The average Bonchev–Trinajstić information content (AvgIpc) is 2.52. The van der Waals surface area contributed by atoms with Crippen molar-refractivity contribution in [2.45, 2.75) is 52.4 Å². The topological polar surface area (TPSA) is 81.9 Å². The van der Waals surface area contributed by atoms with Crippen LogP contribution in [0.1, 0.15) is 68.6 Å². The average molecular weight is 368 g/mol. The van der Waals surface area contributed by atoms with Crippen molar-refractivity contribution in [3.8, 4) is 11.5 Å². The molecule has 0 atom stereocenters. The third kappa shape index (κ3) is 5.09. The summed E-state index contributed by atoms with van der Waals surface area (Å²) in [6.07, 6.45) is 1.47. The fourth-order valence-corrected chi connectivity index (χ4v) is 2.74. The van der Waals surface area contributed by atoms with Gasteiger partial charge < -0.3 is 10.2 Å². The highest BCUT2D eigenvalue weighted by Gasteiger charge is 2.27. The van der Waals surface area contributed by atoms with E-state index >= 15 is 0 Å². The molecular formula is C22H28N2O3. The molecule has 0 aliphatic carbocycles. The molecule has 0 aliphatic rings. The van der Waals surface area contributed by atoms with Crippen LogP contribution in [-0.2, 0) is 10.8 Å². The molecule has 0 radical (unpaired) electrons. The van der Waals surface area contributed by atoms with E-state index in [0.29, 0.717) is 11.1 Å². The molecule has 0 heterocycles. The van der Waals surface area contributed by atoms with Crippen LogP contribution in [0.4, 0.5) is 0 Å². The van der Waals surface area contributed by atoms with Gasteiger partial charge in [0.1, 0.15) is 11.5 Å². The number of carbonyl (C=O) groups excluding carboxylic acids is 1. The first-order valence-electron chi connectivity index (χ1n) is 8.90. The maximum Gasteiger partial charge on any atom is 0.271 e. The number of benzene rings is 2. The summed E-state index contributed by atoms with van der Waals surface area (Å²) in [4.78, 5) is 12.6. The number of nitrogens with zero attached hydrogens (tertiary/aromatic N) is 1. The van der Waals surface area contributed by atoms with Gasteiger partial charge in [0.25, 0.3) is 5.91 Å². The Kier molecular flexibility index (Phi) is 5.64. The number of nitrogens with one attached hydrogen (secondary N) is 1. The number of hydrazone groups is 1. The van der Waals surface area contributed by atoms with Crippen molar-refractivity contribution < 1.29 is 15.0 Å². The van der Waals surface area contributed by atoms with E-state index < -0.39 is 0 Å². The molecule has 144 valence electrons. The van der Waals surface area contributed by atoms with E-state index in [9.17, 15) is 15.0 Å². The van der Waals surface area contributed by atoms with Gasteiger partial charge in [0.15, 0.2) is 0 Å². The van der Waals surface area contributed by atoms with Crippen molar-refractivity contribution in [3.63, 3.8) is 0 Å². The van der Waals surface area contributed by atoms with Gasteiger partial charge in [0.2, 0.25) is 0 Å². The highest BCUT2D eigenvalue weighted by molar-refractivity contribution is 5.95. The zero-order chi connectivity index (χ0) is 20.4. The minimum absolute atomic E-state index is 0.133. The Morgan fingerprint density at radius 1 is 0.963 bits per heavy atom. The molecule has 0 saturated heterocycles. The van der Waals surface area contributed by atoms with Crippen LogP contribution < -0.4 is 5.43 Å². The highest BCUT2D eigenvalue weighted by Crippen LogP contribution is 2.39. The fourth-order valence-electron chi connectivity index (χ4n) is 2.74. The predicted octanol–water partition coefficient (Wildman–Crippen LogP) is 4.46. The number of amides is 1. The number of hydrogen-bond donors (Lipinski definition) is 3. The lowest BCUT2D eigenvalue weighted by atomic mass is 9.78. The van der Waals surface area contributed by atoms with E-state index in [0.717, 1.165) is 11.1 Å². The van der Waals surface area contributed by atoms with Crippen LogP contribution in [0.25, 0.3) is 0 Å². The summed E-state index contributed by atoms with van der Waals surface area (Å²) >= 11 is 0. The van der Waals surface area contributed by atoms with Crippen LogP contribution >= 0.6 is 0 Å². The van der Waals surface area contributed by atoms with Crippen molar-refractivity contribution >= 4 is 12.1 Å². The number of rotatable bonds is 3. The van der Waals surface area contributed by atoms with Gasteiger partial charge >= 0.3 is 0 Å². The van der Waals surface area contributed by atoms with Crippen molar-refractivity contribution in [2.24, 2.45) is 5.10 Å². The molecule has 0 fully saturated rings. The molecule has 3 N–H and O–H groups in total. The number of phenols is 2. The predicted molar refractivity (Wildman–Crippen MR) is 109 cm³/mol. The summed E-state index contributed by atoms with van der Waals surface area (Å²) in [7, 11) is 0. The van der Waals surface area contributed by atoms with Gasteiger partial charge in [-0.3, -0.25) is 4.79 Å². The number of aromatic hydroxyl groups is 2. The summed E-state index contributed by atoms with van der Waals surface area (Å²) in [6, 6.07) is 10.0. The van der Waals surface area contributed by atoms with Gasteiger partial charge in [-0.15, -0.1) is 0 Å². The van der Waals surface area contributed by atoms with Crippen LogP contribution in [0.3, 0.4) is 0 Å². The van der Waals surface area contributed by atoms with E-state index in [2.05, 4.69) is 10.5 Å². The van der Waals surface area contributed by atoms with Gasteiger partial charge in [0.05, 0.1) is 6.21 Å². The Morgan fingerprint density at radius 3 is 2.00 bits per heavy atom. The van der Waals surface area contributed by atoms with Crippen LogP contribution in [-0.4, -0.2) is 22.3 Å². The standard InChI is InChI=1S/C22H28N2O3/c1-21(2,3)17-11-15(12-18(19(17)26)22(4,5)6)20(27)24-23-13-14-8-7-9-16(25)10-14/h7-13,25-26H,1-6H3,(H,24,27). The van der Waals surface area contributed by atoms with Crippen molar-refractivity contribution in [3.05, 3.63) is 58.7 Å². The Balaban J connectivity index is 2.35. The van der Waals surface area contributed by atoms with Gasteiger partial charge in [0, 0.05) is 16.7 Å². The molecule has 2 aromatic carbocycles. The second-order valence-corrected chi connectivity index (χ2v) is 8.71. The molecular weight excluding hydrogens is 340 g/mol. The lowest BCUT2D eigenvalue weighted by Crippen LogP contribution is -2.22. The Morgan fingerprint density at radius 2 is 1.52 bits per heavy atom. The monoisotopic (exact) mass is 368 g/mol. The second-order valence-electron chi connectivity index (χ2n) is 8.71. The maximum atomic E-state index is 12.6. The SMILES string of the molecule is CC(C)(C)c1cc(C(=O)NN=Cc2cccc(O)c2)cc(C(C)(C)C)c1O. The van der Waals surface area contributed by atoms with E-state index in [1.54, 1.807) is 36.4 Å². The minimum atomic E-state index is -0.359. The van der Waals surface area contributed by atoms with Crippen LogP contribution in [0.5, 0.6) is 11.5 Å². The lowest BCUT2D eigenvalue weighted by molar-refractivity contribution is 0.0955. The van der Waals surface area contributed by atoms with Gasteiger partial charge in [-0.25, -0.2) is 5.43 Å². The van der Waals surface area contributed by atoms with E-state index in [4.69, 9.17) is 0 Å². The third-order valence-corrected chi connectivity index (χ3v) is 4.24. The zero-order valence-electron chi connectivity index (χ0n) is 16.8. The normalized spacial score (nSPS) is 12.4. The lowest BCUT2D eigenvalue weighted by Gasteiger charge is -2.28. The molecule has 2 aromatic rings. The van der Waals surface area contributed by atoms with Crippen molar-refractivity contribution in [1.29, 1.82) is 0 Å². The van der Waals surface area contributed by atoms with Gasteiger partial charge in [-0.1, -0.05) is 53.7 Å². The second kappa shape index (κ2) is 7.43. The minimum Gasteiger partial charge on any atom is -0.508 e. The number of hydrogen-bond acceptors (Lipinski definition) is 4. The van der Waals surface area contributed by atoms with Crippen molar-refractivity contribution in [1.82, 2.24) is 5.43 Å². The largest absolute Gasteiger partial charge is 0.508 e. The summed E-state index contributed by atoms with van der Waals surface area (Å²) in [5.74, 6) is 0.00524. The Hall–Kier alpha value is -2.82. The summed E-state index contributed by atoms with van der Waals surface area (Å²) < 4.78 is 0. The summed E-state index contributed by atoms with van der Waals surface area (Å²) in [5.41, 5.74) is 4.43. The van der Waals surface area contributed by atoms with Crippen LogP contribution in [0, 0.1) is 0 Å². The van der Waals surface area contributed by atoms with E-state index in [-0.39, 0.29) is 28.2 Å². The molecule has 0 spiro atoms. The molecule has 5 heteroatoms. The van der Waals surface area contributed by atoms with Crippen LogP contribution in [0.15, 0.2) is 41.5 Å². The molecule has 0 aromatic heterocycles. The molecule has 1 amide bonds. The third-order valence-electron chi connectivity index (χ3n) is 4.24. The zero-order valence-corrected chi connectivity index (χ0v) is 16.8. The Bertz CT molecular complexity index is 837. The van der Waals surface area contributed by atoms with Gasteiger partial charge in [-0.2, -0.15) is 5.10 Å². The van der Waals surface area contributed by atoms with Crippen molar-refractivity contribution in [2.75, 3.05) is 0 Å². The first-order chi connectivity index (χ1) is 12.4. The molecule has 0 unspecified atom stereocenters. The fraction of sp³-hybridized carbons (Fsp3) is 0.364. The number of carbonyl (C=O) groups is 1. The summed E-state index contributed by atoms with van der Waals surface area (Å²) in [6.45, 7) is 12.0. The first kappa shape index (κ1) is 20.5. The van der Waals surface area contributed by atoms with E-state index in [1.165, 1.54) is 6.21 Å². The maximum absolute atomic E-state index is 12.6. The molecule has 27 heavy (non-hydrogen) atoms. The number of phenolic OH excluding ortho intramolecular Hbond substituents is 2. The molecule has 2 rings (SSSR count). The quantitative estimate of drug-likeness (QED) is 0.553. The Labute approximate surface area is 160 Å². The molecule has 0 bridgehead atoms. The first-order valence-corrected chi connectivity index (χ1v) is 8.90. The summed E-state index contributed by atoms with van der Waals surface area (Å²) in [5, 5.41) is 24.2. The molecule has 0 saturated carbocycles. The van der Waals surface area contributed by atoms with Gasteiger partial charge in [-0.05, 0) is 40.7 Å². The highest BCUT2D eigenvalue weighted by atomic mass is 16.3. The smallest absolute Gasteiger partial charge is 0.271 e. The molecule has 0 aliphatic heterocycles.